The molecule has 0 radical (unpaired) electrons. The molecule has 1 aliphatic rings. The van der Waals surface area contributed by atoms with Crippen molar-refractivity contribution in [3.05, 3.63) is 11.7 Å². The summed E-state index contributed by atoms with van der Waals surface area (Å²) in [6.07, 6.45) is 8.35. The lowest BCUT2D eigenvalue weighted by Crippen LogP contribution is -2.35. The first kappa shape index (κ1) is 13.5. The van der Waals surface area contributed by atoms with Crippen LogP contribution in [0.15, 0.2) is 4.52 Å². The normalized spacial score (nSPS) is 25.0. The van der Waals surface area contributed by atoms with Gasteiger partial charge in [0.05, 0.1) is 5.92 Å². The Balaban J connectivity index is 2.08. The van der Waals surface area contributed by atoms with Gasteiger partial charge in [-0.15, -0.1) is 0 Å². The fraction of sp³-hybridized carbons (Fsp3) is 0.857. The fourth-order valence-electron chi connectivity index (χ4n) is 2.74. The quantitative estimate of drug-likeness (QED) is 0.817. The van der Waals surface area contributed by atoms with E-state index in [0.29, 0.717) is 12.0 Å². The third-order valence-electron chi connectivity index (χ3n) is 3.79. The molecular weight excluding hydrogens is 226 g/mol. The Kier molecular flexibility index (Phi) is 5.17. The molecule has 1 N–H and O–H groups in total. The Bertz CT molecular complexity index is 351. The summed E-state index contributed by atoms with van der Waals surface area (Å²) in [5.74, 6) is 2.10. The Morgan fingerprint density at radius 3 is 2.78 bits per heavy atom. The van der Waals surface area contributed by atoms with Crippen LogP contribution in [0.4, 0.5) is 0 Å². The van der Waals surface area contributed by atoms with E-state index >= 15 is 0 Å². The van der Waals surface area contributed by atoms with E-state index in [1.807, 2.05) is 0 Å². The van der Waals surface area contributed by atoms with Crippen molar-refractivity contribution >= 4 is 0 Å². The van der Waals surface area contributed by atoms with Crippen molar-refractivity contribution in [1.82, 2.24) is 15.5 Å². The number of aryl methyl sites for hydroxylation is 1. The predicted octanol–water partition coefficient (Wildman–Crippen LogP) is 3.05. The maximum Gasteiger partial charge on any atom is 0.231 e. The van der Waals surface area contributed by atoms with Gasteiger partial charge in [0.1, 0.15) is 0 Å². The second-order valence-corrected chi connectivity index (χ2v) is 5.21. The van der Waals surface area contributed by atoms with E-state index in [2.05, 4.69) is 29.3 Å². The average molecular weight is 251 g/mol. The molecule has 1 aliphatic carbocycles. The van der Waals surface area contributed by atoms with Crippen molar-refractivity contribution in [3.63, 3.8) is 0 Å². The molecule has 1 heterocycles. The van der Waals surface area contributed by atoms with Gasteiger partial charge >= 0.3 is 0 Å². The lowest BCUT2D eigenvalue weighted by atomic mass is 9.94. The number of hydrogen-bond donors (Lipinski definition) is 1. The largest absolute Gasteiger partial charge is 0.339 e. The minimum atomic E-state index is 0.409. The Morgan fingerprint density at radius 1 is 1.22 bits per heavy atom. The lowest BCUT2D eigenvalue weighted by Gasteiger charge is -2.23. The minimum Gasteiger partial charge on any atom is -0.339 e. The van der Waals surface area contributed by atoms with Crippen LogP contribution in [-0.4, -0.2) is 22.7 Å². The van der Waals surface area contributed by atoms with Crippen LogP contribution in [0.1, 0.15) is 70.0 Å². The summed E-state index contributed by atoms with van der Waals surface area (Å²) >= 11 is 0. The van der Waals surface area contributed by atoms with Crippen LogP contribution < -0.4 is 5.32 Å². The second kappa shape index (κ2) is 6.88. The SMILES string of the molecule is CCCNC1CCCCCC1c1nc(CC)no1. The molecule has 102 valence electrons. The van der Waals surface area contributed by atoms with Gasteiger partial charge in [0.2, 0.25) is 5.89 Å². The van der Waals surface area contributed by atoms with Crippen molar-refractivity contribution in [2.75, 3.05) is 6.54 Å². The molecule has 18 heavy (non-hydrogen) atoms. The van der Waals surface area contributed by atoms with Crippen molar-refractivity contribution in [3.8, 4) is 0 Å². The number of nitrogens with one attached hydrogen (secondary N) is 1. The number of hydrogen-bond acceptors (Lipinski definition) is 4. The highest BCUT2D eigenvalue weighted by atomic mass is 16.5. The molecule has 1 fully saturated rings. The van der Waals surface area contributed by atoms with Crippen molar-refractivity contribution < 1.29 is 4.52 Å². The molecule has 4 nitrogen and oxygen atoms in total. The van der Waals surface area contributed by atoms with E-state index in [-0.39, 0.29) is 0 Å². The van der Waals surface area contributed by atoms with E-state index in [0.717, 1.165) is 24.7 Å². The van der Waals surface area contributed by atoms with Crippen LogP contribution in [0.5, 0.6) is 0 Å². The Hall–Kier alpha value is -0.900. The summed E-state index contributed by atoms with van der Waals surface area (Å²) < 4.78 is 5.46. The first-order valence-electron chi connectivity index (χ1n) is 7.41. The number of aromatic nitrogens is 2. The molecule has 1 aromatic heterocycles. The van der Waals surface area contributed by atoms with Crippen LogP contribution in [0.2, 0.25) is 0 Å². The summed E-state index contributed by atoms with van der Waals surface area (Å²) in [4.78, 5) is 4.53. The van der Waals surface area contributed by atoms with Gasteiger partial charge < -0.3 is 9.84 Å². The molecule has 2 atom stereocenters. The van der Waals surface area contributed by atoms with E-state index in [9.17, 15) is 0 Å². The van der Waals surface area contributed by atoms with Gasteiger partial charge in [-0.25, -0.2) is 0 Å². The molecule has 2 rings (SSSR count). The Labute approximate surface area is 110 Å². The first-order valence-corrected chi connectivity index (χ1v) is 7.41. The summed E-state index contributed by atoms with van der Waals surface area (Å²) in [5, 5.41) is 7.70. The Morgan fingerprint density at radius 2 is 2.06 bits per heavy atom. The van der Waals surface area contributed by atoms with Gasteiger partial charge in [-0.3, -0.25) is 0 Å². The molecule has 0 aromatic carbocycles. The van der Waals surface area contributed by atoms with Crippen LogP contribution >= 0.6 is 0 Å². The molecule has 0 bridgehead atoms. The van der Waals surface area contributed by atoms with E-state index in [1.165, 1.54) is 38.5 Å². The molecule has 4 heteroatoms. The maximum atomic E-state index is 5.46. The molecule has 2 unspecified atom stereocenters. The molecule has 1 saturated carbocycles. The van der Waals surface area contributed by atoms with Gasteiger partial charge in [-0.2, -0.15) is 4.98 Å². The molecule has 0 aliphatic heterocycles. The van der Waals surface area contributed by atoms with Gasteiger partial charge in [0.15, 0.2) is 5.82 Å². The van der Waals surface area contributed by atoms with Crippen LogP contribution in [0.25, 0.3) is 0 Å². The lowest BCUT2D eigenvalue weighted by molar-refractivity contribution is 0.302. The van der Waals surface area contributed by atoms with Crippen molar-refractivity contribution in [2.45, 2.75) is 70.8 Å². The third-order valence-corrected chi connectivity index (χ3v) is 3.79. The molecule has 0 amide bonds. The number of nitrogens with zero attached hydrogens (tertiary/aromatic N) is 2. The molecule has 0 saturated heterocycles. The summed E-state index contributed by atoms with van der Waals surface area (Å²) in [6, 6.07) is 0.512. The zero-order valence-electron chi connectivity index (χ0n) is 11.6. The maximum absolute atomic E-state index is 5.46. The van der Waals surface area contributed by atoms with Gasteiger partial charge in [0.25, 0.3) is 0 Å². The monoisotopic (exact) mass is 251 g/mol. The fourth-order valence-corrected chi connectivity index (χ4v) is 2.74. The zero-order valence-corrected chi connectivity index (χ0v) is 11.6. The van der Waals surface area contributed by atoms with E-state index in [1.54, 1.807) is 0 Å². The third kappa shape index (κ3) is 3.31. The first-order chi connectivity index (χ1) is 8.85. The second-order valence-electron chi connectivity index (χ2n) is 5.21. The molecule has 0 spiro atoms. The number of rotatable bonds is 5. The predicted molar refractivity (Wildman–Crippen MR) is 71.6 cm³/mol. The zero-order chi connectivity index (χ0) is 12.8. The highest BCUT2D eigenvalue weighted by molar-refractivity contribution is 5.00. The highest BCUT2D eigenvalue weighted by Gasteiger charge is 2.29. The van der Waals surface area contributed by atoms with Crippen LogP contribution in [-0.2, 0) is 6.42 Å². The molecular formula is C14H25N3O. The van der Waals surface area contributed by atoms with Gasteiger partial charge in [0, 0.05) is 12.5 Å². The smallest absolute Gasteiger partial charge is 0.231 e. The standard InChI is InChI=1S/C14H25N3O/c1-3-10-15-12-9-7-5-6-8-11(12)14-16-13(4-2)17-18-14/h11-12,15H,3-10H2,1-2H3. The molecule has 1 aromatic rings. The van der Waals surface area contributed by atoms with Crippen molar-refractivity contribution in [1.29, 1.82) is 0 Å². The summed E-state index contributed by atoms with van der Waals surface area (Å²) in [5.41, 5.74) is 0. The summed E-state index contributed by atoms with van der Waals surface area (Å²) in [7, 11) is 0. The average Bonchev–Trinajstić information content (AvgIpc) is 2.75. The van der Waals surface area contributed by atoms with Gasteiger partial charge in [-0.1, -0.05) is 38.3 Å². The van der Waals surface area contributed by atoms with Crippen LogP contribution in [0.3, 0.4) is 0 Å². The highest BCUT2D eigenvalue weighted by Crippen LogP contribution is 2.31. The van der Waals surface area contributed by atoms with Crippen LogP contribution in [0, 0.1) is 0 Å². The topological polar surface area (TPSA) is 51.0 Å². The van der Waals surface area contributed by atoms with Crippen molar-refractivity contribution in [2.24, 2.45) is 0 Å². The van der Waals surface area contributed by atoms with E-state index in [4.69, 9.17) is 4.52 Å². The van der Waals surface area contributed by atoms with E-state index < -0.39 is 0 Å². The minimum absolute atomic E-state index is 0.409. The summed E-state index contributed by atoms with van der Waals surface area (Å²) in [6.45, 7) is 5.35. The van der Waals surface area contributed by atoms with Gasteiger partial charge in [-0.05, 0) is 25.8 Å².